The average molecular weight is 509 g/mol. The number of likely N-dealkylation sites (tertiary alicyclic amines) is 1. The second-order valence-corrected chi connectivity index (χ2v) is 11.0. The number of halogens is 1. The number of nitrogens with zero attached hydrogens (tertiary/aromatic N) is 6. The van der Waals surface area contributed by atoms with E-state index >= 15 is 0 Å². The number of benzene rings is 1. The van der Waals surface area contributed by atoms with Crippen molar-refractivity contribution in [1.29, 1.82) is 0 Å². The van der Waals surface area contributed by atoms with Gasteiger partial charge in [-0.15, -0.1) is 0 Å². The van der Waals surface area contributed by atoms with Crippen molar-refractivity contribution in [2.24, 2.45) is 0 Å². The van der Waals surface area contributed by atoms with E-state index in [0.29, 0.717) is 23.5 Å². The number of piperazine rings is 1. The van der Waals surface area contributed by atoms with Crippen LogP contribution in [0.4, 0.5) is 4.39 Å². The zero-order chi connectivity index (χ0) is 25.2. The van der Waals surface area contributed by atoms with E-state index < -0.39 is 0 Å². The van der Waals surface area contributed by atoms with Crippen molar-refractivity contribution in [3.63, 3.8) is 0 Å². The lowest BCUT2D eigenvalue weighted by Crippen LogP contribution is -2.49. The van der Waals surface area contributed by atoms with Crippen molar-refractivity contribution in [2.45, 2.75) is 56.1 Å². The van der Waals surface area contributed by atoms with Crippen molar-refractivity contribution in [2.75, 3.05) is 13.1 Å². The van der Waals surface area contributed by atoms with E-state index in [1.54, 1.807) is 18.6 Å². The first-order chi connectivity index (χ1) is 18.7. The van der Waals surface area contributed by atoms with E-state index in [0.717, 1.165) is 58.8 Å². The minimum atomic E-state index is -0.324. The molecule has 192 valence electrons. The fourth-order valence-electron chi connectivity index (χ4n) is 7.20. The van der Waals surface area contributed by atoms with Gasteiger partial charge >= 0.3 is 0 Å². The summed E-state index contributed by atoms with van der Waals surface area (Å²) in [7, 11) is 0. The molecule has 3 fully saturated rings. The molecule has 2 saturated heterocycles. The van der Waals surface area contributed by atoms with E-state index in [1.807, 2.05) is 28.9 Å². The summed E-state index contributed by atoms with van der Waals surface area (Å²) >= 11 is 0. The van der Waals surface area contributed by atoms with Crippen LogP contribution in [-0.4, -0.2) is 65.9 Å². The van der Waals surface area contributed by atoms with Crippen LogP contribution in [0.25, 0.3) is 38.9 Å². The lowest BCUT2D eigenvalue weighted by molar-refractivity contribution is 0.120. The van der Waals surface area contributed by atoms with Gasteiger partial charge in [0.15, 0.2) is 5.65 Å². The number of H-pyrrole nitrogens is 1. The molecule has 1 aromatic carbocycles. The third-order valence-electron chi connectivity index (χ3n) is 9.02. The van der Waals surface area contributed by atoms with Gasteiger partial charge in [0.05, 0.1) is 11.8 Å². The normalized spacial score (nSPS) is 25.6. The predicted molar refractivity (Wildman–Crippen MR) is 143 cm³/mol. The maximum Gasteiger partial charge on any atom is 0.163 e. The molecule has 3 aliphatic rings. The number of fused-ring (bicyclic) bond motifs is 4. The van der Waals surface area contributed by atoms with Gasteiger partial charge in [0.25, 0.3) is 0 Å². The number of aromatic nitrogens is 6. The van der Waals surface area contributed by atoms with Crippen LogP contribution in [0.2, 0.25) is 0 Å². The highest BCUT2D eigenvalue weighted by Crippen LogP contribution is 2.42. The lowest BCUT2D eigenvalue weighted by Gasteiger charge is -2.39. The van der Waals surface area contributed by atoms with Crippen molar-refractivity contribution in [1.82, 2.24) is 40.0 Å². The third kappa shape index (κ3) is 3.41. The van der Waals surface area contributed by atoms with Gasteiger partial charge in [0.1, 0.15) is 17.0 Å². The molecule has 38 heavy (non-hydrogen) atoms. The molecule has 1 aliphatic carbocycles. The molecule has 1 saturated carbocycles. The molecule has 8 rings (SSSR count). The number of aromatic amines is 1. The fraction of sp³-hybridized carbons (Fsp3) is 0.379. The first kappa shape index (κ1) is 22.3. The van der Waals surface area contributed by atoms with Crippen molar-refractivity contribution in [3.8, 4) is 22.4 Å². The second kappa shape index (κ2) is 8.68. The van der Waals surface area contributed by atoms with Crippen LogP contribution in [0.5, 0.6) is 0 Å². The molecule has 4 aromatic heterocycles. The zero-order valence-electron chi connectivity index (χ0n) is 21.0. The average Bonchev–Trinajstić information content (AvgIpc) is 3.77. The van der Waals surface area contributed by atoms with Crippen molar-refractivity contribution in [3.05, 3.63) is 66.6 Å². The van der Waals surface area contributed by atoms with Gasteiger partial charge < -0.3 is 5.32 Å². The second-order valence-electron chi connectivity index (χ2n) is 11.0. The van der Waals surface area contributed by atoms with Gasteiger partial charge in [-0.1, -0.05) is 6.07 Å². The molecule has 9 heteroatoms. The Kier molecular flexibility index (Phi) is 5.09. The van der Waals surface area contributed by atoms with Gasteiger partial charge in [0.2, 0.25) is 0 Å². The summed E-state index contributed by atoms with van der Waals surface area (Å²) in [5, 5.41) is 16.5. The Morgan fingerprint density at radius 3 is 2.61 bits per heavy atom. The summed E-state index contributed by atoms with van der Waals surface area (Å²) in [4.78, 5) is 11.8. The van der Waals surface area contributed by atoms with Gasteiger partial charge in [-0.3, -0.25) is 15.0 Å². The molecular weight excluding hydrogens is 479 g/mol. The van der Waals surface area contributed by atoms with E-state index in [2.05, 4.69) is 31.5 Å². The summed E-state index contributed by atoms with van der Waals surface area (Å²) < 4.78 is 16.6. The molecule has 2 bridgehead atoms. The number of hydrogen-bond acceptors (Lipinski definition) is 6. The lowest BCUT2D eigenvalue weighted by atomic mass is 9.83. The van der Waals surface area contributed by atoms with Crippen LogP contribution in [0, 0.1) is 5.82 Å². The van der Waals surface area contributed by atoms with E-state index in [4.69, 9.17) is 10.1 Å². The van der Waals surface area contributed by atoms with E-state index in [1.165, 1.54) is 37.6 Å². The van der Waals surface area contributed by atoms with Gasteiger partial charge in [0, 0.05) is 72.4 Å². The summed E-state index contributed by atoms with van der Waals surface area (Å²) in [6, 6.07) is 11.5. The number of nitrogens with one attached hydrogen (secondary N) is 2. The highest BCUT2D eigenvalue weighted by molar-refractivity contribution is 6.02. The molecule has 2 unspecified atom stereocenters. The Balaban J connectivity index is 1.21. The highest BCUT2D eigenvalue weighted by atomic mass is 19.1. The van der Waals surface area contributed by atoms with Crippen LogP contribution < -0.4 is 5.32 Å². The molecule has 0 spiro atoms. The Hall–Kier alpha value is -3.69. The standard InChI is InChI=1S/C29H29FN8/c30-24-6-5-22(23-15-34-35-28(23)24)26-27(18-7-10-31-11-8-18)36-38-25(9-12-32-29(26)38)17-1-3-20(4-2-17)37-16-19-13-21(37)14-33-19/h5-12,15,17,19-21,33H,1-4,13-14,16H2,(H,34,35). The topological polar surface area (TPSA) is 87.0 Å². The van der Waals surface area contributed by atoms with Crippen LogP contribution in [0.3, 0.4) is 0 Å². The summed E-state index contributed by atoms with van der Waals surface area (Å²) in [6.07, 6.45) is 13.2. The summed E-state index contributed by atoms with van der Waals surface area (Å²) in [5.41, 5.74) is 5.90. The van der Waals surface area contributed by atoms with Gasteiger partial charge in [-0.05, 0) is 61.9 Å². The molecule has 2 atom stereocenters. The zero-order valence-corrected chi connectivity index (χ0v) is 21.0. The molecule has 6 heterocycles. The predicted octanol–water partition coefficient (Wildman–Crippen LogP) is 4.55. The van der Waals surface area contributed by atoms with Crippen LogP contribution in [0.15, 0.2) is 55.1 Å². The molecule has 8 nitrogen and oxygen atoms in total. The minimum Gasteiger partial charge on any atom is -0.311 e. The Labute approximate surface area is 219 Å². The van der Waals surface area contributed by atoms with Crippen LogP contribution >= 0.6 is 0 Å². The Bertz CT molecular complexity index is 1630. The number of hydrogen-bond donors (Lipinski definition) is 2. The summed E-state index contributed by atoms with van der Waals surface area (Å²) in [6.45, 7) is 2.36. The maximum absolute atomic E-state index is 14.6. The SMILES string of the molecule is Fc1ccc(-c2c(-c3ccncc3)nn3c(C4CCC(N5CC6CC5CN6)CC4)ccnc23)c2cn[nH]c12. The molecular formula is C29H29FN8. The van der Waals surface area contributed by atoms with E-state index in [-0.39, 0.29) is 5.82 Å². The Morgan fingerprint density at radius 1 is 0.947 bits per heavy atom. The number of pyridine rings is 1. The highest BCUT2D eigenvalue weighted by Gasteiger charge is 2.42. The molecule has 0 amide bonds. The minimum absolute atomic E-state index is 0.324. The first-order valence-corrected chi connectivity index (χ1v) is 13.6. The number of rotatable bonds is 4. The molecule has 5 aromatic rings. The maximum atomic E-state index is 14.6. The molecule has 0 radical (unpaired) electrons. The van der Waals surface area contributed by atoms with Crippen LogP contribution in [-0.2, 0) is 0 Å². The van der Waals surface area contributed by atoms with Crippen LogP contribution in [0.1, 0.15) is 43.7 Å². The monoisotopic (exact) mass is 508 g/mol. The molecule has 2 N–H and O–H groups in total. The fourth-order valence-corrected chi connectivity index (χ4v) is 7.20. The smallest absolute Gasteiger partial charge is 0.163 e. The van der Waals surface area contributed by atoms with Gasteiger partial charge in [-0.2, -0.15) is 10.2 Å². The largest absolute Gasteiger partial charge is 0.311 e. The van der Waals surface area contributed by atoms with Crippen molar-refractivity contribution >= 4 is 16.6 Å². The summed E-state index contributed by atoms with van der Waals surface area (Å²) in [5.74, 6) is 0.102. The quantitative estimate of drug-likeness (QED) is 0.371. The first-order valence-electron chi connectivity index (χ1n) is 13.6. The van der Waals surface area contributed by atoms with E-state index in [9.17, 15) is 4.39 Å². The third-order valence-corrected chi connectivity index (χ3v) is 9.02. The van der Waals surface area contributed by atoms with Crippen molar-refractivity contribution < 1.29 is 4.39 Å². The Morgan fingerprint density at radius 2 is 1.82 bits per heavy atom. The van der Waals surface area contributed by atoms with Gasteiger partial charge in [-0.25, -0.2) is 13.9 Å². The molecule has 2 aliphatic heterocycles.